The van der Waals surface area contributed by atoms with Crippen molar-refractivity contribution in [3.63, 3.8) is 0 Å². The van der Waals surface area contributed by atoms with Gasteiger partial charge in [0.1, 0.15) is 5.60 Å². The number of non-ortho nitro benzene ring substituents is 1. The third-order valence-electron chi connectivity index (χ3n) is 2.23. The summed E-state index contributed by atoms with van der Waals surface area (Å²) in [5, 5.41) is 13.1. The summed E-state index contributed by atoms with van der Waals surface area (Å²) in [6, 6.07) is 6.25. The van der Waals surface area contributed by atoms with E-state index in [9.17, 15) is 14.9 Å². The van der Waals surface area contributed by atoms with Crippen molar-refractivity contribution in [2.75, 3.05) is 6.54 Å². The molecule has 0 heterocycles. The normalized spacial score (nSPS) is 10.9. The molecule has 1 aromatic rings. The summed E-state index contributed by atoms with van der Waals surface area (Å²) in [6.45, 7) is 5.81. The molecule has 0 atom stereocenters. The number of hydrogen-bond acceptors (Lipinski definition) is 4. The highest BCUT2D eigenvalue weighted by atomic mass is 16.6. The third kappa shape index (κ3) is 5.85. The number of amides is 1. The molecule has 104 valence electrons. The zero-order valence-electron chi connectivity index (χ0n) is 11.3. The van der Waals surface area contributed by atoms with Crippen molar-refractivity contribution in [1.29, 1.82) is 0 Å². The second kappa shape index (κ2) is 6.17. The predicted molar refractivity (Wildman–Crippen MR) is 71.0 cm³/mol. The van der Waals surface area contributed by atoms with Crippen LogP contribution in [0.2, 0.25) is 0 Å². The Kier molecular flexibility index (Phi) is 4.86. The van der Waals surface area contributed by atoms with E-state index in [1.54, 1.807) is 32.9 Å². The number of hydrogen-bond donors (Lipinski definition) is 1. The van der Waals surface area contributed by atoms with Gasteiger partial charge in [-0.2, -0.15) is 0 Å². The molecule has 0 fully saturated rings. The maximum Gasteiger partial charge on any atom is 0.407 e. The average molecular weight is 266 g/mol. The largest absolute Gasteiger partial charge is 0.444 e. The van der Waals surface area contributed by atoms with E-state index in [4.69, 9.17) is 4.74 Å². The number of nitrogens with zero attached hydrogens (tertiary/aromatic N) is 1. The summed E-state index contributed by atoms with van der Waals surface area (Å²) < 4.78 is 5.09. The highest BCUT2D eigenvalue weighted by Crippen LogP contribution is 2.12. The second-order valence-electron chi connectivity index (χ2n) is 5.10. The van der Waals surface area contributed by atoms with Crippen LogP contribution in [0, 0.1) is 10.1 Å². The van der Waals surface area contributed by atoms with Crippen LogP contribution in [0.3, 0.4) is 0 Å². The summed E-state index contributed by atoms with van der Waals surface area (Å²) in [4.78, 5) is 21.4. The van der Waals surface area contributed by atoms with E-state index >= 15 is 0 Å². The summed E-state index contributed by atoms with van der Waals surface area (Å²) >= 11 is 0. The Morgan fingerprint density at radius 2 is 1.89 bits per heavy atom. The van der Waals surface area contributed by atoms with Crippen molar-refractivity contribution in [1.82, 2.24) is 5.32 Å². The molecule has 0 unspecified atom stereocenters. The van der Waals surface area contributed by atoms with Crippen LogP contribution in [-0.4, -0.2) is 23.2 Å². The Morgan fingerprint density at radius 1 is 1.32 bits per heavy atom. The van der Waals surface area contributed by atoms with E-state index in [1.807, 2.05) is 0 Å². The van der Waals surface area contributed by atoms with Crippen molar-refractivity contribution in [2.45, 2.75) is 32.8 Å². The van der Waals surface area contributed by atoms with Crippen LogP contribution in [0.15, 0.2) is 24.3 Å². The lowest BCUT2D eigenvalue weighted by atomic mass is 10.1. The van der Waals surface area contributed by atoms with E-state index in [1.165, 1.54) is 12.1 Å². The minimum Gasteiger partial charge on any atom is -0.444 e. The Hall–Kier alpha value is -2.11. The molecule has 6 nitrogen and oxygen atoms in total. The Balaban J connectivity index is 2.37. The van der Waals surface area contributed by atoms with Crippen molar-refractivity contribution >= 4 is 11.8 Å². The van der Waals surface area contributed by atoms with Crippen LogP contribution >= 0.6 is 0 Å². The molecule has 0 aromatic heterocycles. The van der Waals surface area contributed by atoms with Gasteiger partial charge < -0.3 is 10.1 Å². The zero-order valence-corrected chi connectivity index (χ0v) is 11.3. The number of benzene rings is 1. The SMILES string of the molecule is CC(C)(C)OC(=O)NCCc1ccc([N+](=O)[O-])cc1. The van der Waals surface area contributed by atoms with Crippen LogP contribution < -0.4 is 5.32 Å². The number of ether oxygens (including phenoxy) is 1. The number of carbonyl (C=O) groups is 1. The lowest BCUT2D eigenvalue weighted by molar-refractivity contribution is -0.384. The minimum atomic E-state index is -0.516. The number of carbonyl (C=O) groups excluding carboxylic acids is 1. The predicted octanol–water partition coefficient (Wildman–Crippen LogP) is 2.66. The number of nitro groups is 1. The van der Waals surface area contributed by atoms with Crippen LogP contribution in [0.25, 0.3) is 0 Å². The highest BCUT2D eigenvalue weighted by Gasteiger charge is 2.15. The number of rotatable bonds is 4. The molecule has 0 aliphatic heterocycles. The number of nitrogens with one attached hydrogen (secondary N) is 1. The molecule has 1 aromatic carbocycles. The Morgan fingerprint density at radius 3 is 2.37 bits per heavy atom. The van der Waals surface area contributed by atoms with Gasteiger partial charge in [-0.3, -0.25) is 10.1 Å². The van der Waals surface area contributed by atoms with Gasteiger partial charge in [0, 0.05) is 18.7 Å². The summed E-state index contributed by atoms with van der Waals surface area (Å²) in [5.74, 6) is 0. The first-order valence-electron chi connectivity index (χ1n) is 5.98. The summed E-state index contributed by atoms with van der Waals surface area (Å²) in [5.41, 5.74) is 0.461. The zero-order chi connectivity index (χ0) is 14.5. The van der Waals surface area contributed by atoms with Crippen LogP contribution in [0.5, 0.6) is 0 Å². The molecule has 1 amide bonds. The van der Waals surface area contributed by atoms with E-state index in [0.717, 1.165) is 5.56 Å². The van der Waals surface area contributed by atoms with Crippen LogP contribution in [-0.2, 0) is 11.2 Å². The van der Waals surface area contributed by atoms with E-state index < -0.39 is 16.6 Å². The lowest BCUT2D eigenvalue weighted by Gasteiger charge is -2.19. The second-order valence-corrected chi connectivity index (χ2v) is 5.10. The summed E-state index contributed by atoms with van der Waals surface area (Å²) in [6.07, 6.45) is 0.131. The van der Waals surface area contributed by atoms with Gasteiger partial charge in [0.2, 0.25) is 0 Å². The molecular weight excluding hydrogens is 248 g/mol. The first kappa shape index (κ1) is 14.9. The quantitative estimate of drug-likeness (QED) is 0.671. The molecular formula is C13H18N2O4. The highest BCUT2D eigenvalue weighted by molar-refractivity contribution is 5.67. The van der Waals surface area contributed by atoms with Gasteiger partial charge in [-0.25, -0.2) is 4.79 Å². The first-order valence-corrected chi connectivity index (χ1v) is 5.98. The average Bonchev–Trinajstić information content (AvgIpc) is 2.27. The molecule has 0 aliphatic rings. The molecule has 6 heteroatoms. The fraction of sp³-hybridized carbons (Fsp3) is 0.462. The maximum absolute atomic E-state index is 11.4. The van der Waals surface area contributed by atoms with E-state index in [-0.39, 0.29) is 5.69 Å². The van der Waals surface area contributed by atoms with Gasteiger partial charge in [0.15, 0.2) is 0 Å². The lowest BCUT2D eigenvalue weighted by Crippen LogP contribution is -2.33. The Labute approximate surface area is 111 Å². The van der Waals surface area contributed by atoms with Crippen LogP contribution in [0.4, 0.5) is 10.5 Å². The van der Waals surface area contributed by atoms with Gasteiger partial charge in [-0.1, -0.05) is 12.1 Å². The fourth-order valence-corrected chi connectivity index (χ4v) is 1.41. The minimum absolute atomic E-state index is 0.0591. The van der Waals surface area contributed by atoms with Crippen molar-refractivity contribution in [2.24, 2.45) is 0 Å². The van der Waals surface area contributed by atoms with Gasteiger partial charge in [-0.05, 0) is 32.8 Å². The topological polar surface area (TPSA) is 81.5 Å². The molecule has 19 heavy (non-hydrogen) atoms. The molecule has 1 N–H and O–H groups in total. The van der Waals surface area contributed by atoms with Crippen molar-refractivity contribution < 1.29 is 14.5 Å². The monoisotopic (exact) mass is 266 g/mol. The standard InChI is InChI=1S/C13H18N2O4/c1-13(2,3)19-12(16)14-9-8-10-4-6-11(7-5-10)15(17)18/h4-7H,8-9H2,1-3H3,(H,14,16). The number of alkyl carbamates (subject to hydrolysis) is 1. The molecule has 0 aliphatic carbocycles. The molecule has 0 spiro atoms. The Bertz CT molecular complexity index is 449. The molecule has 0 saturated heterocycles. The van der Waals surface area contributed by atoms with Gasteiger partial charge in [0.25, 0.3) is 5.69 Å². The smallest absolute Gasteiger partial charge is 0.407 e. The van der Waals surface area contributed by atoms with E-state index in [0.29, 0.717) is 13.0 Å². The molecule has 0 bridgehead atoms. The maximum atomic E-state index is 11.4. The van der Waals surface area contributed by atoms with E-state index in [2.05, 4.69) is 5.32 Å². The third-order valence-corrected chi connectivity index (χ3v) is 2.23. The van der Waals surface area contributed by atoms with Gasteiger partial charge >= 0.3 is 6.09 Å². The fourth-order valence-electron chi connectivity index (χ4n) is 1.41. The molecule has 0 radical (unpaired) electrons. The number of nitro benzene ring substituents is 1. The first-order chi connectivity index (χ1) is 8.78. The van der Waals surface area contributed by atoms with Gasteiger partial charge in [-0.15, -0.1) is 0 Å². The van der Waals surface area contributed by atoms with Crippen molar-refractivity contribution in [3.05, 3.63) is 39.9 Å². The molecule has 1 rings (SSSR count). The van der Waals surface area contributed by atoms with Crippen molar-refractivity contribution in [3.8, 4) is 0 Å². The molecule has 0 saturated carbocycles. The summed E-state index contributed by atoms with van der Waals surface area (Å²) in [7, 11) is 0. The van der Waals surface area contributed by atoms with Gasteiger partial charge in [0.05, 0.1) is 4.92 Å². The van der Waals surface area contributed by atoms with Crippen LogP contribution in [0.1, 0.15) is 26.3 Å².